The third kappa shape index (κ3) is 14.0. The maximum absolute atomic E-state index is 13.1. The number of hydrogen-bond acceptors (Lipinski definition) is 11. The Labute approximate surface area is 261 Å². The molecular formula is C29H45N7O9. The number of carbonyl (C=O) groups excluding carboxylic acids is 2. The number of aromatic hydroxyl groups is 2. The zero-order valence-corrected chi connectivity index (χ0v) is 25.4. The Balaban J connectivity index is 0.00000187. The number of nitrogens with one attached hydrogen (secondary N) is 2. The molecular weight excluding hydrogens is 590 g/mol. The largest absolute Gasteiger partial charge is 0.504 e. The van der Waals surface area contributed by atoms with Crippen LogP contribution in [-0.2, 0) is 27.2 Å². The van der Waals surface area contributed by atoms with E-state index in [1.807, 2.05) is 0 Å². The molecule has 0 saturated carbocycles. The van der Waals surface area contributed by atoms with Crippen molar-refractivity contribution >= 4 is 23.7 Å². The van der Waals surface area contributed by atoms with Crippen molar-refractivity contribution in [3.63, 3.8) is 0 Å². The number of aliphatic hydroxyl groups excluding tert-OH is 1. The number of hydrogen-bond donors (Lipinski definition) is 10. The van der Waals surface area contributed by atoms with Crippen LogP contribution in [0.15, 0.2) is 41.4 Å². The second-order valence-electron chi connectivity index (χ2n) is 9.80. The summed E-state index contributed by atoms with van der Waals surface area (Å²) in [5, 5.41) is 41.9. The Morgan fingerprint density at radius 1 is 0.867 bits per heavy atom. The molecule has 2 aromatic carbocycles. The summed E-state index contributed by atoms with van der Waals surface area (Å²) in [6, 6.07) is 5.33. The van der Waals surface area contributed by atoms with Crippen LogP contribution >= 0.6 is 0 Å². The number of carboxylic acid groups (broad SMARTS) is 1. The zero-order chi connectivity index (χ0) is 33.9. The zero-order valence-electron chi connectivity index (χ0n) is 25.4. The van der Waals surface area contributed by atoms with E-state index in [2.05, 4.69) is 15.6 Å². The number of aliphatic imine (C=N–C) groups is 1. The minimum Gasteiger partial charge on any atom is -0.504 e. The lowest BCUT2D eigenvalue weighted by Crippen LogP contribution is -2.55. The molecule has 0 aliphatic heterocycles. The number of amides is 2. The predicted octanol–water partition coefficient (Wildman–Crippen LogP) is -1.34. The fraction of sp³-hybridized carbons (Fsp3) is 0.448. The fourth-order valence-electron chi connectivity index (χ4n) is 3.90. The van der Waals surface area contributed by atoms with E-state index in [4.69, 9.17) is 37.5 Å². The van der Waals surface area contributed by atoms with Gasteiger partial charge in [0, 0.05) is 19.6 Å². The lowest BCUT2D eigenvalue weighted by Gasteiger charge is -2.23. The molecule has 16 heteroatoms. The standard InChI is InChI=1S/C26H36N6O8.C3H9NO/c1-39-21-8-6-14(13-22(21)40-2)10-16(27)23(35)31-17(4-3-9-30-26(28)29)24(36)32-18(25(37)38)11-15-5-7-19(33)20(34)12-15;4-2-1-3-5/h5-8,12-13,16-18,33-34H,3-4,9-11,27H2,1-2H3,(H,31,35)(H,32,36)(H,37,38)(H4,28,29,30);5H,1-4H2/t16-,17+,18-;/m0./s1. The van der Waals surface area contributed by atoms with Crippen LogP contribution in [0.3, 0.4) is 0 Å². The normalized spacial score (nSPS) is 12.4. The number of carbonyl (C=O) groups is 3. The number of phenols is 2. The second kappa shape index (κ2) is 20.2. The van der Waals surface area contributed by atoms with Crippen molar-refractivity contribution in [1.29, 1.82) is 0 Å². The molecule has 14 N–H and O–H groups in total. The van der Waals surface area contributed by atoms with Gasteiger partial charge in [0.15, 0.2) is 29.0 Å². The summed E-state index contributed by atoms with van der Waals surface area (Å²) in [7, 11) is 2.98. The van der Waals surface area contributed by atoms with Crippen molar-refractivity contribution in [3.05, 3.63) is 47.5 Å². The van der Waals surface area contributed by atoms with Crippen molar-refractivity contribution in [2.75, 3.05) is 33.9 Å². The average molecular weight is 636 g/mol. The first-order valence-corrected chi connectivity index (χ1v) is 14.0. The Morgan fingerprint density at radius 3 is 2.02 bits per heavy atom. The summed E-state index contributed by atoms with van der Waals surface area (Å²) in [5.74, 6) is -2.68. The van der Waals surface area contributed by atoms with E-state index in [0.29, 0.717) is 35.6 Å². The lowest BCUT2D eigenvalue weighted by molar-refractivity contribution is -0.142. The number of benzene rings is 2. The van der Waals surface area contributed by atoms with Crippen molar-refractivity contribution in [2.45, 2.75) is 50.2 Å². The maximum Gasteiger partial charge on any atom is 0.326 e. The molecule has 2 aromatic rings. The molecule has 2 rings (SSSR count). The van der Waals surface area contributed by atoms with Gasteiger partial charge in [0.25, 0.3) is 0 Å². The van der Waals surface area contributed by atoms with Crippen LogP contribution in [0.4, 0.5) is 0 Å². The SMILES string of the molecule is COc1ccc(C[C@H](N)C(=O)N[C@H](CCCN=C(N)N)C(=O)N[C@@H](Cc2ccc(O)c(O)c2)C(=O)O)cc1OC.NCCCO. The summed E-state index contributed by atoms with van der Waals surface area (Å²) < 4.78 is 10.5. The van der Waals surface area contributed by atoms with Crippen molar-refractivity contribution < 1.29 is 44.3 Å². The van der Waals surface area contributed by atoms with Crippen molar-refractivity contribution in [1.82, 2.24) is 10.6 Å². The number of nitrogens with zero attached hydrogens (tertiary/aromatic N) is 1. The molecule has 16 nitrogen and oxygen atoms in total. The minimum atomic E-state index is -1.39. The highest BCUT2D eigenvalue weighted by Crippen LogP contribution is 2.28. The highest BCUT2D eigenvalue weighted by Gasteiger charge is 2.28. The average Bonchev–Trinajstić information content (AvgIpc) is 3.00. The molecule has 0 bridgehead atoms. The third-order valence-electron chi connectivity index (χ3n) is 6.28. The quantitative estimate of drug-likeness (QED) is 0.0417. The van der Waals surface area contributed by atoms with Crippen LogP contribution in [-0.4, -0.2) is 96.2 Å². The summed E-state index contributed by atoms with van der Waals surface area (Å²) in [6.07, 6.45) is 1.04. The molecule has 0 unspecified atom stereocenters. The summed E-state index contributed by atoms with van der Waals surface area (Å²) in [4.78, 5) is 41.8. The van der Waals surface area contributed by atoms with Gasteiger partial charge < -0.3 is 63.5 Å². The molecule has 0 saturated heterocycles. The predicted molar refractivity (Wildman–Crippen MR) is 167 cm³/mol. The second-order valence-corrected chi connectivity index (χ2v) is 9.80. The molecule has 3 atom stereocenters. The molecule has 0 fully saturated rings. The molecule has 2 amide bonds. The van der Waals surface area contributed by atoms with Crippen LogP contribution in [0.5, 0.6) is 23.0 Å². The number of ether oxygens (including phenoxy) is 2. The molecule has 0 heterocycles. The number of carboxylic acids is 1. The van der Waals surface area contributed by atoms with Crippen molar-refractivity contribution in [2.24, 2.45) is 27.9 Å². The lowest BCUT2D eigenvalue weighted by atomic mass is 10.0. The van der Waals surface area contributed by atoms with E-state index in [0.717, 1.165) is 6.42 Å². The van der Waals surface area contributed by atoms with Crippen LogP contribution in [0, 0.1) is 0 Å². The van der Waals surface area contributed by atoms with E-state index >= 15 is 0 Å². The van der Waals surface area contributed by atoms with Gasteiger partial charge in [-0.3, -0.25) is 14.6 Å². The van der Waals surface area contributed by atoms with E-state index < -0.39 is 41.7 Å². The summed E-state index contributed by atoms with van der Waals surface area (Å²) in [5.41, 5.74) is 22.8. The van der Waals surface area contributed by atoms with E-state index in [-0.39, 0.29) is 44.1 Å². The van der Waals surface area contributed by atoms with E-state index in [9.17, 15) is 29.7 Å². The Bertz CT molecular complexity index is 1270. The molecule has 0 aliphatic carbocycles. The molecule has 250 valence electrons. The van der Waals surface area contributed by atoms with Gasteiger partial charge in [-0.2, -0.15) is 0 Å². The summed E-state index contributed by atoms with van der Waals surface area (Å²) >= 11 is 0. The van der Waals surface area contributed by atoms with Crippen LogP contribution in [0.2, 0.25) is 0 Å². The van der Waals surface area contributed by atoms with E-state index in [1.165, 1.54) is 32.4 Å². The van der Waals surface area contributed by atoms with Gasteiger partial charge in [0.2, 0.25) is 11.8 Å². The van der Waals surface area contributed by atoms with Gasteiger partial charge >= 0.3 is 5.97 Å². The van der Waals surface area contributed by atoms with Gasteiger partial charge in [-0.05, 0) is 67.6 Å². The van der Waals surface area contributed by atoms with Gasteiger partial charge in [0.05, 0.1) is 20.3 Å². The Kier molecular flexibility index (Phi) is 17.2. The highest BCUT2D eigenvalue weighted by molar-refractivity contribution is 5.92. The van der Waals surface area contributed by atoms with Crippen LogP contribution < -0.4 is 43.0 Å². The van der Waals surface area contributed by atoms with Crippen LogP contribution in [0.25, 0.3) is 0 Å². The van der Waals surface area contributed by atoms with Gasteiger partial charge in [0.1, 0.15) is 12.1 Å². The number of rotatable bonds is 17. The number of nitrogens with two attached hydrogens (primary N) is 4. The summed E-state index contributed by atoms with van der Waals surface area (Å²) in [6.45, 7) is 0.988. The smallest absolute Gasteiger partial charge is 0.326 e. The molecule has 0 radical (unpaired) electrons. The highest BCUT2D eigenvalue weighted by atomic mass is 16.5. The Morgan fingerprint density at radius 2 is 1.49 bits per heavy atom. The van der Waals surface area contributed by atoms with Gasteiger partial charge in [-0.1, -0.05) is 12.1 Å². The minimum absolute atomic E-state index is 0.0871. The number of methoxy groups -OCH3 is 2. The van der Waals surface area contributed by atoms with Crippen molar-refractivity contribution in [3.8, 4) is 23.0 Å². The maximum atomic E-state index is 13.1. The van der Waals surface area contributed by atoms with E-state index in [1.54, 1.807) is 18.2 Å². The number of phenolic OH excluding ortho intramolecular Hbond substituents is 2. The number of aliphatic carboxylic acids is 1. The number of aliphatic hydroxyl groups is 1. The molecule has 0 aliphatic rings. The van der Waals surface area contributed by atoms with Crippen LogP contribution in [0.1, 0.15) is 30.4 Å². The van der Waals surface area contributed by atoms with Gasteiger partial charge in [-0.15, -0.1) is 0 Å². The Hall–Kier alpha value is -4.80. The molecule has 45 heavy (non-hydrogen) atoms. The fourth-order valence-corrected chi connectivity index (χ4v) is 3.90. The first kappa shape index (κ1) is 38.2. The first-order chi connectivity index (χ1) is 21.4. The monoisotopic (exact) mass is 635 g/mol. The molecule has 0 aromatic heterocycles. The topological polar surface area (TPSA) is 291 Å². The first-order valence-electron chi connectivity index (χ1n) is 14.0. The molecule has 0 spiro atoms. The number of guanidine groups is 1. The third-order valence-corrected chi connectivity index (χ3v) is 6.28. The van der Waals surface area contributed by atoms with Gasteiger partial charge in [-0.25, -0.2) is 4.79 Å².